The van der Waals surface area contributed by atoms with Gasteiger partial charge in [0.25, 0.3) is 5.91 Å². The molecular weight excluding hydrogens is 270 g/mol. The SMILES string of the molecule is C[C@H]1CCCCN1C(=O)c1cccc2c(Cl)cccc12. The molecule has 1 saturated heterocycles. The highest BCUT2D eigenvalue weighted by molar-refractivity contribution is 6.36. The summed E-state index contributed by atoms with van der Waals surface area (Å²) in [6, 6.07) is 11.9. The zero-order valence-electron chi connectivity index (χ0n) is 11.6. The summed E-state index contributed by atoms with van der Waals surface area (Å²) < 4.78 is 0. The van der Waals surface area contributed by atoms with Crippen molar-refractivity contribution >= 4 is 28.3 Å². The van der Waals surface area contributed by atoms with Crippen LogP contribution >= 0.6 is 11.6 Å². The molecule has 2 nitrogen and oxygen atoms in total. The van der Waals surface area contributed by atoms with E-state index in [2.05, 4.69) is 6.92 Å². The monoisotopic (exact) mass is 287 g/mol. The Morgan fingerprint density at radius 3 is 2.70 bits per heavy atom. The predicted molar refractivity (Wildman–Crippen MR) is 83.3 cm³/mol. The molecule has 1 fully saturated rings. The second-order valence-electron chi connectivity index (χ2n) is 5.48. The number of halogens is 1. The molecule has 104 valence electrons. The molecule has 0 N–H and O–H groups in total. The summed E-state index contributed by atoms with van der Waals surface area (Å²) >= 11 is 6.22. The van der Waals surface area contributed by atoms with Gasteiger partial charge < -0.3 is 4.90 Å². The quantitative estimate of drug-likeness (QED) is 0.756. The largest absolute Gasteiger partial charge is 0.336 e. The topological polar surface area (TPSA) is 20.3 Å². The van der Waals surface area contributed by atoms with Gasteiger partial charge in [0.05, 0.1) is 0 Å². The number of piperidine rings is 1. The molecule has 0 aliphatic carbocycles. The number of likely N-dealkylation sites (tertiary alicyclic amines) is 1. The first-order valence-electron chi connectivity index (χ1n) is 7.16. The first-order valence-corrected chi connectivity index (χ1v) is 7.54. The maximum absolute atomic E-state index is 12.8. The standard InChI is InChI=1S/C17H18ClNO/c1-12-6-2-3-11-19(12)17(20)15-9-4-8-14-13(15)7-5-10-16(14)18/h4-5,7-10,12H,2-3,6,11H2,1H3/t12-/m0/s1. The van der Waals surface area contributed by atoms with Gasteiger partial charge in [-0.25, -0.2) is 0 Å². The maximum atomic E-state index is 12.8. The van der Waals surface area contributed by atoms with Crippen molar-refractivity contribution in [2.45, 2.75) is 32.2 Å². The molecule has 0 aromatic heterocycles. The van der Waals surface area contributed by atoms with Crippen LogP contribution in [0.2, 0.25) is 5.02 Å². The molecule has 0 unspecified atom stereocenters. The molecule has 3 rings (SSSR count). The number of nitrogens with zero attached hydrogens (tertiary/aromatic N) is 1. The third kappa shape index (κ3) is 2.29. The summed E-state index contributed by atoms with van der Waals surface area (Å²) in [5.74, 6) is 0.130. The van der Waals surface area contributed by atoms with Crippen molar-refractivity contribution in [2.75, 3.05) is 6.54 Å². The number of rotatable bonds is 1. The van der Waals surface area contributed by atoms with Crippen LogP contribution in [0.3, 0.4) is 0 Å². The molecule has 0 bridgehead atoms. The number of carbonyl (C=O) groups is 1. The summed E-state index contributed by atoms with van der Waals surface area (Å²) in [7, 11) is 0. The minimum Gasteiger partial charge on any atom is -0.336 e. The second kappa shape index (κ2) is 5.45. The molecule has 1 atom stereocenters. The molecule has 0 radical (unpaired) electrons. The zero-order valence-corrected chi connectivity index (χ0v) is 12.4. The Bertz CT molecular complexity index is 652. The normalized spacial score (nSPS) is 19.3. The average molecular weight is 288 g/mol. The maximum Gasteiger partial charge on any atom is 0.254 e. The van der Waals surface area contributed by atoms with Crippen molar-refractivity contribution in [3.63, 3.8) is 0 Å². The van der Waals surface area contributed by atoms with E-state index in [0.717, 1.165) is 35.7 Å². The Kier molecular flexibility index (Phi) is 3.66. The number of hydrogen-bond acceptors (Lipinski definition) is 1. The van der Waals surface area contributed by atoms with Gasteiger partial charge in [-0.1, -0.05) is 35.9 Å². The lowest BCUT2D eigenvalue weighted by Gasteiger charge is -2.33. The molecule has 20 heavy (non-hydrogen) atoms. The van der Waals surface area contributed by atoms with E-state index in [0.29, 0.717) is 11.1 Å². The minimum atomic E-state index is 0.130. The fourth-order valence-corrected chi connectivity index (χ4v) is 3.25. The summed E-state index contributed by atoms with van der Waals surface area (Å²) in [5.41, 5.74) is 0.763. The Hall–Kier alpha value is -1.54. The predicted octanol–water partition coefficient (Wildman–Crippen LogP) is 4.51. The van der Waals surface area contributed by atoms with Gasteiger partial charge in [0.2, 0.25) is 0 Å². The van der Waals surface area contributed by atoms with Crippen molar-refractivity contribution in [1.29, 1.82) is 0 Å². The lowest BCUT2D eigenvalue weighted by molar-refractivity contribution is 0.0637. The van der Waals surface area contributed by atoms with Gasteiger partial charge in [-0.3, -0.25) is 4.79 Å². The number of hydrogen-bond donors (Lipinski definition) is 0. The van der Waals surface area contributed by atoms with E-state index < -0.39 is 0 Å². The van der Waals surface area contributed by atoms with E-state index >= 15 is 0 Å². The number of fused-ring (bicyclic) bond motifs is 1. The fraction of sp³-hybridized carbons (Fsp3) is 0.353. The Morgan fingerprint density at radius 1 is 1.15 bits per heavy atom. The van der Waals surface area contributed by atoms with Crippen LogP contribution < -0.4 is 0 Å². The molecule has 2 aromatic carbocycles. The van der Waals surface area contributed by atoms with E-state index in [1.807, 2.05) is 41.3 Å². The van der Waals surface area contributed by atoms with Crippen LogP contribution in [0.25, 0.3) is 10.8 Å². The molecule has 0 spiro atoms. The van der Waals surface area contributed by atoms with Crippen molar-refractivity contribution in [3.05, 3.63) is 47.0 Å². The first kappa shape index (κ1) is 13.4. The van der Waals surface area contributed by atoms with Crippen molar-refractivity contribution in [3.8, 4) is 0 Å². The molecule has 3 heteroatoms. The summed E-state index contributed by atoms with van der Waals surface area (Å²) in [6.45, 7) is 2.99. The second-order valence-corrected chi connectivity index (χ2v) is 5.89. The molecular formula is C17H18ClNO. The van der Waals surface area contributed by atoms with E-state index in [-0.39, 0.29) is 5.91 Å². The van der Waals surface area contributed by atoms with Crippen molar-refractivity contribution in [1.82, 2.24) is 4.90 Å². The zero-order chi connectivity index (χ0) is 14.1. The molecule has 2 aromatic rings. The highest BCUT2D eigenvalue weighted by atomic mass is 35.5. The third-order valence-corrected chi connectivity index (χ3v) is 4.49. The fourth-order valence-electron chi connectivity index (χ4n) is 3.01. The van der Waals surface area contributed by atoms with Gasteiger partial charge in [-0.15, -0.1) is 0 Å². The Morgan fingerprint density at radius 2 is 1.90 bits per heavy atom. The van der Waals surface area contributed by atoms with Crippen LogP contribution in [-0.2, 0) is 0 Å². The number of carbonyl (C=O) groups excluding carboxylic acids is 1. The smallest absolute Gasteiger partial charge is 0.254 e. The van der Waals surface area contributed by atoms with Crippen LogP contribution in [0.5, 0.6) is 0 Å². The van der Waals surface area contributed by atoms with Gasteiger partial charge in [0.15, 0.2) is 0 Å². The molecule has 1 aliphatic rings. The lowest BCUT2D eigenvalue weighted by Crippen LogP contribution is -2.42. The van der Waals surface area contributed by atoms with Crippen LogP contribution in [-0.4, -0.2) is 23.4 Å². The molecule has 1 amide bonds. The van der Waals surface area contributed by atoms with Gasteiger partial charge in [0.1, 0.15) is 0 Å². The third-order valence-electron chi connectivity index (χ3n) is 4.16. The number of amides is 1. The van der Waals surface area contributed by atoms with Crippen LogP contribution in [0.4, 0.5) is 0 Å². The summed E-state index contributed by atoms with van der Waals surface area (Å²) in [6.07, 6.45) is 3.41. The average Bonchev–Trinajstić information content (AvgIpc) is 2.47. The minimum absolute atomic E-state index is 0.130. The molecule has 1 aliphatic heterocycles. The van der Waals surface area contributed by atoms with Crippen LogP contribution in [0, 0.1) is 0 Å². The first-order chi connectivity index (χ1) is 9.68. The van der Waals surface area contributed by atoms with Crippen LogP contribution in [0.15, 0.2) is 36.4 Å². The van der Waals surface area contributed by atoms with Gasteiger partial charge in [0, 0.05) is 28.6 Å². The van der Waals surface area contributed by atoms with E-state index in [9.17, 15) is 4.79 Å². The van der Waals surface area contributed by atoms with Gasteiger partial charge in [-0.05, 0) is 43.7 Å². The lowest BCUT2D eigenvalue weighted by atomic mass is 9.99. The van der Waals surface area contributed by atoms with E-state index in [1.165, 1.54) is 6.42 Å². The number of benzene rings is 2. The van der Waals surface area contributed by atoms with Gasteiger partial charge >= 0.3 is 0 Å². The summed E-state index contributed by atoms with van der Waals surface area (Å²) in [5, 5.41) is 2.59. The molecule has 1 heterocycles. The van der Waals surface area contributed by atoms with Crippen molar-refractivity contribution < 1.29 is 4.79 Å². The molecule has 0 saturated carbocycles. The highest BCUT2D eigenvalue weighted by Crippen LogP contribution is 2.28. The summed E-state index contributed by atoms with van der Waals surface area (Å²) in [4.78, 5) is 14.8. The highest BCUT2D eigenvalue weighted by Gasteiger charge is 2.25. The van der Waals surface area contributed by atoms with Crippen LogP contribution in [0.1, 0.15) is 36.5 Å². The van der Waals surface area contributed by atoms with E-state index in [4.69, 9.17) is 11.6 Å². The Balaban J connectivity index is 2.05. The van der Waals surface area contributed by atoms with Crippen molar-refractivity contribution in [2.24, 2.45) is 0 Å². The van der Waals surface area contributed by atoms with Gasteiger partial charge in [-0.2, -0.15) is 0 Å². The Labute approximate surface area is 124 Å². The van der Waals surface area contributed by atoms with E-state index in [1.54, 1.807) is 0 Å².